The summed E-state index contributed by atoms with van der Waals surface area (Å²) in [6.07, 6.45) is 1.40. The largest absolute Gasteiger partial charge is 0.489 e. The molecule has 1 aromatic heterocycles. The number of carboxylic acid groups (broad SMARTS) is 1. The molecule has 0 saturated carbocycles. The number of carbonyl (C=O) groups is 1. The van der Waals surface area contributed by atoms with E-state index < -0.39 is 5.97 Å². The molecule has 0 radical (unpaired) electrons. The Morgan fingerprint density at radius 2 is 2.00 bits per heavy atom. The van der Waals surface area contributed by atoms with E-state index >= 15 is 0 Å². The standard InChI is InChI=1S/C20H18INO4/c1-13-2-3-14(10-18(13)21)12-25-16-6-4-15(5-7-16)17(11-20(23)24)19-8-9-26-22-19/h2-10,17H,11-12H2,1H3,(H,23,24). The monoisotopic (exact) mass is 463 g/mol. The number of benzene rings is 2. The van der Waals surface area contributed by atoms with Crippen molar-refractivity contribution < 1.29 is 19.2 Å². The van der Waals surface area contributed by atoms with Crippen molar-refractivity contribution in [1.29, 1.82) is 0 Å². The van der Waals surface area contributed by atoms with E-state index in [9.17, 15) is 4.79 Å². The molecule has 3 aromatic rings. The van der Waals surface area contributed by atoms with Gasteiger partial charge in [0.1, 0.15) is 18.6 Å². The van der Waals surface area contributed by atoms with Gasteiger partial charge in [0.25, 0.3) is 0 Å². The predicted octanol–water partition coefficient (Wildman–Crippen LogP) is 4.77. The Labute approximate surface area is 165 Å². The lowest BCUT2D eigenvalue weighted by molar-refractivity contribution is -0.137. The first-order chi connectivity index (χ1) is 12.5. The topological polar surface area (TPSA) is 72.6 Å². The van der Waals surface area contributed by atoms with Gasteiger partial charge in [-0.2, -0.15) is 0 Å². The molecule has 2 aromatic carbocycles. The number of carboxylic acids is 1. The van der Waals surface area contributed by atoms with E-state index in [-0.39, 0.29) is 12.3 Å². The quantitative estimate of drug-likeness (QED) is 0.511. The van der Waals surface area contributed by atoms with Crippen LogP contribution in [0.25, 0.3) is 0 Å². The molecule has 0 amide bonds. The van der Waals surface area contributed by atoms with E-state index in [1.165, 1.54) is 15.4 Å². The minimum absolute atomic E-state index is 0.0471. The maximum absolute atomic E-state index is 11.2. The highest BCUT2D eigenvalue weighted by Crippen LogP contribution is 2.28. The lowest BCUT2D eigenvalue weighted by atomic mass is 9.92. The highest BCUT2D eigenvalue weighted by Gasteiger charge is 2.20. The van der Waals surface area contributed by atoms with Crippen LogP contribution in [0.1, 0.15) is 34.7 Å². The Balaban J connectivity index is 1.70. The SMILES string of the molecule is Cc1ccc(COc2ccc(C(CC(=O)O)c3ccon3)cc2)cc1I. The molecule has 5 nitrogen and oxygen atoms in total. The van der Waals surface area contributed by atoms with Crippen LogP contribution < -0.4 is 4.74 Å². The average Bonchev–Trinajstić information content (AvgIpc) is 3.15. The van der Waals surface area contributed by atoms with Gasteiger partial charge in [0, 0.05) is 15.6 Å². The van der Waals surface area contributed by atoms with Gasteiger partial charge in [-0.25, -0.2) is 0 Å². The van der Waals surface area contributed by atoms with E-state index in [0.717, 1.165) is 16.9 Å². The van der Waals surface area contributed by atoms with Crippen molar-refractivity contribution in [3.63, 3.8) is 0 Å². The average molecular weight is 463 g/mol. The summed E-state index contributed by atoms with van der Waals surface area (Å²) in [6, 6.07) is 15.4. The van der Waals surface area contributed by atoms with Crippen LogP contribution in [-0.2, 0) is 11.4 Å². The molecule has 0 aliphatic carbocycles. The molecular formula is C20H18INO4. The van der Waals surface area contributed by atoms with Crippen LogP contribution in [0.15, 0.2) is 59.3 Å². The summed E-state index contributed by atoms with van der Waals surface area (Å²) in [5, 5.41) is 13.1. The second-order valence-corrected chi connectivity index (χ2v) is 7.18. The second kappa shape index (κ2) is 8.35. The summed E-state index contributed by atoms with van der Waals surface area (Å²) in [6.45, 7) is 2.56. The third-order valence-electron chi connectivity index (χ3n) is 4.12. The molecule has 6 heteroatoms. The van der Waals surface area contributed by atoms with Crippen LogP contribution in [0.2, 0.25) is 0 Å². The molecule has 1 N–H and O–H groups in total. The summed E-state index contributed by atoms with van der Waals surface area (Å²) in [5.74, 6) is -0.496. The van der Waals surface area contributed by atoms with Crippen molar-refractivity contribution in [2.24, 2.45) is 0 Å². The van der Waals surface area contributed by atoms with Gasteiger partial charge in [-0.15, -0.1) is 0 Å². The zero-order valence-corrected chi connectivity index (χ0v) is 16.3. The second-order valence-electron chi connectivity index (χ2n) is 6.02. The zero-order valence-electron chi connectivity index (χ0n) is 14.2. The molecule has 0 aliphatic rings. The Kier molecular flexibility index (Phi) is 5.92. The summed E-state index contributed by atoms with van der Waals surface area (Å²) in [7, 11) is 0. The van der Waals surface area contributed by atoms with Gasteiger partial charge in [0.2, 0.25) is 0 Å². The molecule has 26 heavy (non-hydrogen) atoms. The summed E-state index contributed by atoms with van der Waals surface area (Å²) in [4.78, 5) is 11.2. The van der Waals surface area contributed by atoms with Crippen molar-refractivity contribution in [1.82, 2.24) is 5.16 Å². The number of halogens is 1. The van der Waals surface area contributed by atoms with Gasteiger partial charge in [-0.3, -0.25) is 4.79 Å². The third kappa shape index (κ3) is 4.63. The number of aromatic nitrogens is 1. The number of hydrogen-bond acceptors (Lipinski definition) is 4. The Hall–Kier alpha value is -2.35. The summed E-state index contributed by atoms with van der Waals surface area (Å²) in [5.41, 5.74) is 3.82. The zero-order chi connectivity index (χ0) is 18.5. The number of ether oxygens (including phenoxy) is 1. The van der Waals surface area contributed by atoms with Crippen LogP contribution in [0, 0.1) is 10.5 Å². The normalized spacial score (nSPS) is 11.9. The number of hydrogen-bond donors (Lipinski definition) is 1. The van der Waals surface area contributed by atoms with Gasteiger partial charge >= 0.3 is 5.97 Å². The summed E-state index contributed by atoms with van der Waals surface area (Å²) < 4.78 is 11.9. The maximum Gasteiger partial charge on any atom is 0.304 e. The fourth-order valence-corrected chi connectivity index (χ4v) is 3.24. The molecule has 1 unspecified atom stereocenters. The Bertz CT molecular complexity index is 875. The molecular weight excluding hydrogens is 445 g/mol. The van der Waals surface area contributed by atoms with Gasteiger partial charge in [-0.1, -0.05) is 29.4 Å². The van der Waals surface area contributed by atoms with Crippen LogP contribution in [-0.4, -0.2) is 16.2 Å². The first-order valence-corrected chi connectivity index (χ1v) is 9.20. The first-order valence-electron chi connectivity index (χ1n) is 8.13. The van der Waals surface area contributed by atoms with E-state index in [1.807, 2.05) is 24.3 Å². The van der Waals surface area contributed by atoms with Crippen LogP contribution in [0.4, 0.5) is 0 Å². The molecule has 0 fully saturated rings. The minimum Gasteiger partial charge on any atom is -0.489 e. The highest BCUT2D eigenvalue weighted by atomic mass is 127. The Morgan fingerprint density at radius 1 is 1.23 bits per heavy atom. The fraction of sp³-hybridized carbons (Fsp3) is 0.200. The molecule has 1 atom stereocenters. The molecule has 0 aliphatic heterocycles. The van der Waals surface area contributed by atoms with Crippen molar-refractivity contribution in [2.75, 3.05) is 0 Å². The molecule has 134 valence electrons. The number of aryl methyl sites for hydroxylation is 1. The van der Waals surface area contributed by atoms with Crippen molar-refractivity contribution in [3.8, 4) is 5.75 Å². The minimum atomic E-state index is -0.882. The van der Waals surface area contributed by atoms with Crippen LogP contribution in [0.5, 0.6) is 5.75 Å². The first kappa shape index (κ1) is 18.4. The van der Waals surface area contributed by atoms with E-state index in [0.29, 0.717) is 12.3 Å². The molecule has 0 bridgehead atoms. The lowest BCUT2D eigenvalue weighted by Crippen LogP contribution is -2.08. The Morgan fingerprint density at radius 3 is 2.62 bits per heavy atom. The smallest absolute Gasteiger partial charge is 0.304 e. The van der Waals surface area contributed by atoms with Gasteiger partial charge in [0.15, 0.2) is 0 Å². The van der Waals surface area contributed by atoms with Crippen LogP contribution >= 0.6 is 22.6 Å². The number of nitrogens with zero attached hydrogens (tertiary/aromatic N) is 1. The summed E-state index contributed by atoms with van der Waals surface area (Å²) >= 11 is 2.31. The van der Waals surface area contributed by atoms with Crippen LogP contribution in [0.3, 0.4) is 0 Å². The van der Waals surface area contributed by atoms with Crippen molar-refractivity contribution >= 4 is 28.6 Å². The van der Waals surface area contributed by atoms with Gasteiger partial charge < -0.3 is 14.4 Å². The van der Waals surface area contributed by atoms with Crippen molar-refractivity contribution in [3.05, 3.63) is 80.7 Å². The van der Waals surface area contributed by atoms with Gasteiger partial charge in [0.05, 0.1) is 12.1 Å². The van der Waals surface area contributed by atoms with Crippen molar-refractivity contribution in [2.45, 2.75) is 25.9 Å². The van der Waals surface area contributed by atoms with E-state index in [4.69, 9.17) is 14.4 Å². The lowest BCUT2D eigenvalue weighted by Gasteiger charge is -2.13. The maximum atomic E-state index is 11.2. The van der Waals surface area contributed by atoms with Gasteiger partial charge in [-0.05, 0) is 64.4 Å². The fourth-order valence-electron chi connectivity index (χ4n) is 2.66. The predicted molar refractivity (Wildman–Crippen MR) is 105 cm³/mol. The molecule has 3 rings (SSSR count). The van der Waals surface area contributed by atoms with E-state index in [2.05, 4.69) is 52.9 Å². The number of aliphatic carboxylic acids is 1. The number of rotatable bonds is 7. The highest BCUT2D eigenvalue weighted by molar-refractivity contribution is 14.1. The molecule has 0 saturated heterocycles. The third-order valence-corrected chi connectivity index (χ3v) is 5.28. The van der Waals surface area contributed by atoms with E-state index in [1.54, 1.807) is 6.07 Å². The molecule has 0 spiro atoms. The molecule has 1 heterocycles.